The molecule has 2 aromatic rings. The number of rotatable bonds is 4. The summed E-state index contributed by atoms with van der Waals surface area (Å²) in [5.41, 5.74) is 0. The van der Waals surface area contributed by atoms with Crippen LogP contribution < -0.4 is 4.74 Å². The van der Waals surface area contributed by atoms with Gasteiger partial charge in [0.1, 0.15) is 5.75 Å². The molecule has 0 fully saturated rings. The SMILES string of the molecule is CCc1noc(COc2cccc(Cl)c2)n1. The summed E-state index contributed by atoms with van der Waals surface area (Å²) in [6.45, 7) is 2.22. The normalized spacial score (nSPS) is 10.4. The Morgan fingerprint density at radius 2 is 2.31 bits per heavy atom. The highest BCUT2D eigenvalue weighted by atomic mass is 35.5. The van der Waals surface area contributed by atoms with E-state index in [0.717, 1.165) is 6.42 Å². The number of aryl methyl sites for hydroxylation is 1. The summed E-state index contributed by atoms with van der Waals surface area (Å²) in [4.78, 5) is 4.13. The Bertz CT molecular complexity index is 471. The molecular formula is C11H11ClN2O2. The molecule has 84 valence electrons. The topological polar surface area (TPSA) is 48.2 Å². The number of halogens is 1. The molecule has 0 atom stereocenters. The Balaban J connectivity index is 1.96. The van der Waals surface area contributed by atoms with Gasteiger partial charge in [-0.25, -0.2) is 0 Å². The van der Waals surface area contributed by atoms with E-state index in [2.05, 4.69) is 10.1 Å². The molecule has 0 bridgehead atoms. The van der Waals surface area contributed by atoms with Gasteiger partial charge in [-0.2, -0.15) is 4.98 Å². The Morgan fingerprint density at radius 1 is 1.44 bits per heavy atom. The lowest BCUT2D eigenvalue weighted by Gasteiger charge is -2.02. The van der Waals surface area contributed by atoms with Crippen molar-refractivity contribution in [3.05, 3.63) is 41.0 Å². The van der Waals surface area contributed by atoms with Crippen LogP contribution >= 0.6 is 11.6 Å². The van der Waals surface area contributed by atoms with Gasteiger partial charge in [0.15, 0.2) is 12.4 Å². The van der Waals surface area contributed by atoms with E-state index in [4.69, 9.17) is 20.9 Å². The van der Waals surface area contributed by atoms with Gasteiger partial charge in [-0.15, -0.1) is 0 Å². The lowest BCUT2D eigenvalue weighted by molar-refractivity contribution is 0.242. The average Bonchev–Trinajstić information content (AvgIpc) is 2.74. The predicted molar refractivity (Wildman–Crippen MR) is 59.5 cm³/mol. The number of hydrogen-bond donors (Lipinski definition) is 0. The molecule has 2 rings (SSSR count). The van der Waals surface area contributed by atoms with Crippen molar-refractivity contribution in [2.75, 3.05) is 0 Å². The van der Waals surface area contributed by atoms with Crippen molar-refractivity contribution in [3.8, 4) is 5.75 Å². The van der Waals surface area contributed by atoms with Crippen molar-refractivity contribution in [3.63, 3.8) is 0 Å². The summed E-state index contributed by atoms with van der Waals surface area (Å²) in [6, 6.07) is 7.17. The maximum atomic E-state index is 5.82. The third kappa shape index (κ3) is 2.73. The van der Waals surface area contributed by atoms with Crippen molar-refractivity contribution in [1.29, 1.82) is 0 Å². The molecule has 1 aromatic heterocycles. The number of hydrogen-bond acceptors (Lipinski definition) is 4. The number of benzene rings is 1. The van der Waals surface area contributed by atoms with E-state index in [-0.39, 0.29) is 6.61 Å². The molecule has 1 aromatic carbocycles. The van der Waals surface area contributed by atoms with Gasteiger partial charge in [0.05, 0.1) is 0 Å². The first kappa shape index (κ1) is 11.0. The fourth-order valence-corrected chi connectivity index (χ4v) is 1.37. The van der Waals surface area contributed by atoms with Crippen LogP contribution in [0.2, 0.25) is 5.02 Å². The zero-order valence-corrected chi connectivity index (χ0v) is 9.57. The van der Waals surface area contributed by atoms with Crippen LogP contribution in [0.4, 0.5) is 0 Å². The third-order valence-electron chi connectivity index (χ3n) is 1.98. The molecule has 4 nitrogen and oxygen atoms in total. The van der Waals surface area contributed by atoms with Gasteiger partial charge in [0.25, 0.3) is 5.89 Å². The van der Waals surface area contributed by atoms with Crippen molar-refractivity contribution in [1.82, 2.24) is 10.1 Å². The molecule has 5 heteroatoms. The summed E-state index contributed by atoms with van der Waals surface area (Å²) < 4.78 is 10.4. The first-order valence-corrected chi connectivity index (χ1v) is 5.35. The zero-order chi connectivity index (χ0) is 11.4. The highest BCUT2D eigenvalue weighted by Gasteiger charge is 2.05. The summed E-state index contributed by atoms with van der Waals surface area (Å²) in [6.07, 6.45) is 0.751. The second-order valence-corrected chi connectivity index (χ2v) is 3.64. The van der Waals surface area contributed by atoms with Crippen molar-refractivity contribution in [2.45, 2.75) is 20.0 Å². The largest absolute Gasteiger partial charge is 0.484 e. The number of nitrogens with zero attached hydrogens (tertiary/aromatic N) is 2. The molecule has 1 heterocycles. The fraction of sp³-hybridized carbons (Fsp3) is 0.273. The standard InChI is InChI=1S/C11H11ClN2O2/c1-2-10-13-11(16-14-10)7-15-9-5-3-4-8(12)6-9/h3-6H,2,7H2,1H3. The Morgan fingerprint density at radius 3 is 3.00 bits per heavy atom. The van der Waals surface area contributed by atoms with E-state index in [1.807, 2.05) is 19.1 Å². The fourth-order valence-electron chi connectivity index (χ4n) is 1.19. The molecular weight excluding hydrogens is 228 g/mol. The quantitative estimate of drug-likeness (QED) is 0.822. The van der Waals surface area contributed by atoms with E-state index >= 15 is 0 Å². The van der Waals surface area contributed by atoms with Crippen LogP contribution in [0.15, 0.2) is 28.8 Å². The van der Waals surface area contributed by atoms with Gasteiger partial charge in [0.2, 0.25) is 0 Å². The highest BCUT2D eigenvalue weighted by Crippen LogP contribution is 2.18. The molecule has 0 saturated carbocycles. The smallest absolute Gasteiger partial charge is 0.264 e. The third-order valence-corrected chi connectivity index (χ3v) is 2.22. The van der Waals surface area contributed by atoms with Gasteiger partial charge in [-0.3, -0.25) is 0 Å². The van der Waals surface area contributed by atoms with E-state index in [9.17, 15) is 0 Å². The van der Waals surface area contributed by atoms with Gasteiger partial charge < -0.3 is 9.26 Å². The Kier molecular flexibility index (Phi) is 3.41. The summed E-state index contributed by atoms with van der Waals surface area (Å²) >= 11 is 5.82. The minimum Gasteiger partial charge on any atom is -0.484 e. The number of ether oxygens (including phenoxy) is 1. The highest BCUT2D eigenvalue weighted by molar-refractivity contribution is 6.30. The molecule has 0 spiro atoms. The predicted octanol–water partition coefficient (Wildman–Crippen LogP) is 2.86. The second kappa shape index (κ2) is 4.99. The van der Waals surface area contributed by atoms with Gasteiger partial charge in [-0.05, 0) is 18.2 Å². The molecule has 0 amide bonds. The molecule has 16 heavy (non-hydrogen) atoms. The van der Waals surface area contributed by atoms with Crippen LogP contribution in [0.25, 0.3) is 0 Å². The molecule has 0 N–H and O–H groups in total. The minimum absolute atomic E-state index is 0.257. The molecule has 0 unspecified atom stereocenters. The van der Waals surface area contributed by atoms with E-state index in [1.165, 1.54) is 0 Å². The molecule has 0 aliphatic heterocycles. The molecule has 0 aliphatic rings. The summed E-state index contributed by atoms with van der Waals surface area (Å²) in [7, 11) is 0. The first-order valence-electron chi connectivity index (χ1n) is 4.97. The maximum Gasteiger partial charge on any atom is 0.264 e. The number of aromatic nitrogens is 2. The van der Waals surface area contributed by atoms with E-state index < -0.39 is 0 Å². The Hall–Kier alpha value is -1.55. The monoisotopic (exact) mass is 238 g/mol. The minimum atomic E-state index is 0.257. The summed E-state index contributed by atoms with van der Waals surface area (Å²) in [5, 5.41) is 4.41. The van der Waals surface area contributed by atoms with Crippen molar-refractivity contribution in [2.24, 2.45) is 0 Å². The van der Waals surface area contributed by atoms with E-state index in [1.54, 1.807) is 12.1 Å². The molecule has 0 radical (unpaired) electrons. The summed E-state index contributed by atoms with van der Waals surface area (Å²) in [5.74, 6) is 1.84. The first-order chi connectivity index (χ1) is 7.78. The molecule has 0 saturated heterocycles. The zero-order valence-electron chi connectivity index (χ0n) is 8.81. The van der Waals surface area contributed by atoms with Crippen LogP contribution in [-0.2, 0) is 13.0 Å². The van der Waals surface area contributed by atoms with Gasteiger partial charge in [-0.1, -0.05) is 29.7 Å². The maximum absolute atomic E-state index is 5.82. The second-order valence-electron chi connectivity index (χ2n) is 3.20. The Labute approximate surface area is 98.2 Å². The lowest BCUT2D eigenvalue weighted by atomic mass is 10.3. The van der Waals surface area contributed by atoms with Crippen molar-refractivity contribution >= 4 is 11.6 Å². The van der Waals surface area contributed by atoms with Crippen LogP contribution in [0.5, 0.6) is 5.75 Å². The van der Waals surface area contributed by atoms with Crippen molar-refractivity contribution < 1.29 is 9.26 Å². The molecule has 0 aliphatic carbocycles. The average molecular weight is 239 g/mol. The van der Waals surface area contributed by atoms with Crippen LogP contribution in [0, 0.1) is 0 Å². The van der Waals surface area contributed by atoms with Crippen LogP contribution in [-0.4, -0.2) is 10.1 Å². The van der Waals surface area contributed by atoms with Gasteiger partial charge in [0, 0.05) is 11.4 Å². The van der Waals surface area contributed by atoms with E-state index in [0.29, 0.717) is 22.5 Å². The lowest BCUT2D eigenvalue weighted by Crippen LogP contribution is -1.95. The van der Waals surface area contributed by atoms with Crippen LogP contribution in [0.1, 0.15) is 18.6 Å². The van der Waals surface area contributed by atoms with Gasteiger partial charge >= 0.3 is 0 Å². The van der Waals surface area contributed by atoms with Crippen LogP contribution in [0.3, 0.4) is 0 Å².